The van der Waals surface area contributed by atoms with E-state index < -0.39 is 5.60 Å². The van der Waals surface area contributed by atoms with E-state index in [4.69, 9.17) is 5.73 Å². The summed E-state index contributed by atoms with van der Waals surface area (Å²) < 4.78 is 0. The van der Waals surface area contributed by atoms with Crippen molar-refractivity contribution in [1.29, 1.82) is 0 Å². The molecular weight excluding hydrogens is 222 g/mol. The highest BCUT2D eigenvalue weighted by Gasteiger charge is 2.43. The molecule has 0 fully saturated rings. The van der Waals surface area contributed by atoms with Crippen molar-refractivity contribution in [2.24, 2.45) is 5.73 Å². The van der Waals surface area contributed by atoms with Crippen LogP contribution in [-0.4, -0.2) is 5.11 Å². The van der Waals surface area contributed by atoms with Crippen molar-refractivity contribution >= 4 is 0 Å². The molecule has 0 bridgehead atoms. The first-order valence-electron chi connectivity index (χ1n) is 6.99. The van der Waals surface area contributed by atoms with Gasteiger partial charge in [0.1, 0.15) is 5.60 Å². The molecule has 3 N–H and O–H groups in total. The van der Waals surface area contributed by atoms with Crippen molar-refractivity contribution < 1.29 is 5.11 Å². The Bertz CT molecular complexity index is 480. The van der Waals surface area contributed by atoms with E-state index in [2.05, 4.69) is 12.1 Å². The number of allylic oxidation sites excluding steroid dienone is 1. The molecule has 0 aliphatic heterocycles. The highest BCUT2D eigenvalue weighted by molar-refractivity contribution is 5.45. The second kappa shape index (κ2) is 4.52. The first-order chi connectivity index (χ1) is 8.72. The van der Waals surface area contributed by atoms with Gasteiger partial charge in [-0.05, 0) is 42.4 Å². The third-order valence-corrected chi connectivity index (χ3v) is 4.39. The molecule has 0 saturated carbocycles. The van der Waals surface area contributed by atoms with E-state index in [0.29, 0.717) is 6.42 Å². The summed E-state index contributed by atoms with van der Waals surface area (Å²) in [7, 11) is 0. The Morgan fingerprint density at radius 3 is 2.89 bits per heavy atom. The van der Waals surface area contributed by atoms with Crippen LogP contribution in [0, 0.1) is 0 Å². The van der Waals surface area contributed by atoms with Crippen molar-refractivity contribution in [3.63, 3.8) is 0 Å². The molecule has 0 heterocycles. The van der Waals surface area contributed by atoms with Gasteiger partial charge in [0.15, 0.2) is 0 Å². The molecule has 2 unspecified atom stereocenters. The average Bonchev–Trinajstić information content (AvgIpc) is 2.61. The Morgan fingerprint density at radius 2 is 2.00 bits per heavy atom. The summed E-state index contributed by atoms with van der Waals surface area (Å²) in [5, 5.41) is 11.1. The standard InChI is InChI=1S/C16H21NO/c17-15-11-16(18,12-7-3-1-2-4-8-12)14-10-6-5-9-13(14)15/h5-7,9-10,15,18H,1-4,8,11,17H2. The number of hydrogen-bond acceptors (Lipinski definition) is 2. The molecule has 0 radical (unpaired) electrons. The minimum atomic E-state index is -0.805. The second-order valence-corrected chi connectivity index (χ2v) is 5.59. The molecule has 0 aromatic heterocycles. The number of fused-ring (bicyclic) bond motifs is 1. The van der Waals surface area contributed by atoms with E-state index in [1.54, 1.807) is 0 Å². The maximum absolute atomic E-state index is 11.1. The first kappa shape index (κ1) is 11.9. The van der Waals surface area contributed by atoms with Crippen molar-refractivity contribution in [2.75, 3.05) is 0 Å². The van der Waals surface area contributed by atoms with Crippen LogP contribution in [0.4, 0.5) is 0 Å². The van der Waals surface area contributed by atoms with Gasteiger partial charge in [0.05, 0.1) is 0 Å². The molecule has 96 valence electrons. The molecule has 2 atom stereocenters. The van der Waals surface area contributed by atoms with E-state index >= 15 is 0 Å². The van der Waals surface area contributed by atoms with Crippen LogP contribution in [-0.2, 0) is 5.60 Å². The summed E-state index contributed by atoms with van der Waals surface area (Å²) in [4.78, 5) is 0. The number of hydrogen-bond donors (Lipinski definition) is 2. The lowest BCUT2D eigenvalue weighted by Crippen LogP contribution is -2.26. The quantitative estimate of drug-likeness (QED) is 0.744. The van der Waals surface area contributed by atoms with Gasteiger partial charge in [0.2, 0.25) is 0 Å². The molecule has 0 amide bonds. The van der Waals surface area contributed by atoms with Crippen molar-refractivity contribution in [3.8, 4) is 0 Å². The van der Waals surface area contributed by atoms with Crippen LogP contribution in [0.1, 0.15) is 55.7 Å². The highest BCUT2D eigenvalue weighted by Crippen LogP contribution is 2.48. The molecule has 0 spiro atoms. The minimum Gasteiger partial charge on any atom is -0.381 e. The largest absolute Gasteiger partial charge is 0.381 e. The van der Waals surface area contributed by atoms with Gasteiger partial charge in [0, 0.05) is 12.5 Å². The molecule has 1 aromatic carbocycles. The summed E-state index contributed by atoms with van der Waals surface area (Å²) in [5.41, 5.74) is 8.72. The van der Waals surface area contributed by atoms with Gasteiger partial charge in [0.25, 0.3) is 0 Å². The molecular formula is C16H21NO. The molecule has 2 heteroatoms. The molecule has 18 heavy (non-hydrogen) atoms. The fraction of sp³-hybridized carbons (Fsp3) is 0.500. The van der Waals surface area contributed by atoms with Gasteiger partial charge in [-0.3, -0.25) is 0 Å². The molecule has 3 rings (SSSR count). The van der Waals surface area contributed by atoms with Crippen LogP contribution in [0.15, 0.2) is 35.9 Å². The van der Waals surface area contributed by atoms with E-state index in [1.807, 2.05) is 18.2 Å². The van der Waals surface area contributed by atoms with Gasteiger partial charge < -0.3 is 10.8 Å². The molecule has 1 aromatic rings. The fourth-order valence-electron chi connectivity index (χ4n) is 3.43. The highest BCUT2D eigenvalue weighted by atomic mass is 16.3. The third-order valence-electron chi connectivity index (χ3n) is 4.39. The van der Waals surface area contributed by atoms with Gasteiger partial charge in [-0.15, -0.1) is 0 Å². The monoisotopic (exact) mass is 243 g/mol. The van der Waals surface area contributed by atoms with Gasteiger partial charge in [-0.25, -0.2) is 0 Å². The third kappa shape index (κ3) is 1.80. The number of benzene rings is 1. The van der Waals surface area contributed by atoms with Crippen LogP contribution in [0.2, 0.25) is 0 Å². The Labute approximate surface area is 109 Å². The van der Waals surface area contributed by atoms with Crippen molar-refractivity contribution in [2.45, 2.75) is 50.2 Å². The lowest BCUT2D eigenvalue weighted by molar-refractivity contribution is 0.0690. The van der Waals surface area contributed by atoms with Crippen LogP contribution >= 0.6 is 0 Å². The summed E-state index contributed by atoms with van der Waals surface area (Å²) >= 11 is 0. The number of aliphatic hydroxyl groups is 1. The summed E-state index contributed by atoms with van der Waals surface area (Å²) in [6.45, 7) is 0. The maximum Gasteiger partial charge on any atom is 0.113 e. The lowest BCUT2D eigenvalue weighted by Gasteiger charge is -2.27. The number of nitrogens with two attached hydrogens (primary N) is 1. The normalized spacial score (nSPS) is 31.7. The molecule has 2 nitrogen and oxygen atoms in total. The fourth-order valence-corrected chi connectivity index (χ4v) is 3.43. The summed E-state index contributed by atoms with van der Waals surface area (Å²) in [5.74, 6) is 0. The van der Waals surface area contributed by atoms with Gasteiger partial charge >= 0.3 is 0 Å². The van der Waals surface area contributed by atoms with E-state index in [9.17, 15) is 5.11 Å². The smallest absolute Gasteiger partial charge is 0.113 e. The minimum absolute atomic E-state index is 0.0321. The topological polar surface area (TPSA) is 46.2 Å². The van der Waals surface area contributed by atoms with Crippen LogP contribution in [0.5, 0.6) is 0 Å². The van der Waals surface area contributed by atoms with Crippen LogP contribution in [0.3, 0.4) is 0 Å². The Hall–Kier alpha value is -1.12. The van der Waals surface area contributed by atoms with E-state index in [1.165, 1.54) is 24.8 Å². The maximum atomic E-state index is 11.1. The average molecular weight is 243 g/mol. The molecule has 2 aliphatic carbocycles. The molecule has 2 aliphatic rings. The molecule has 0 saturated heterocycles. The van der Waals surface area contributed by atoms with Crippen LogP contribution < -0.4 is 5.73 Å². The van der Waals surface area contributed by atoms with Crippen molar-refractivity contribution in [1.82, 2.24) is 0 Å². The van der Waals surface area contributed by atoms with E-state index in [0.717, 1.165) is 24.0 Å². The van der Waals surface area contributed by atoms with Crippen molar-refractivity contribution in [3.05, 3.63) is 47.0 Å². The second-order valence-electron chi connectivity index (χ2n) is 5.59. The summed E-state index contributed by atoms with van der Waals surface area (Å²) in [6, 6.07) is 8.06. The lowest BCUT2D eigenvalue weighted by atomic mass is 9.85. The SMILES string of the molecule is NC1CC(O)(C2=CCCCCC2)c2ccccc21. The first-order valence-corrected chi connectivity index (χ1v) is 6.99. The van der Waals surface area contributed by atoms with E-state index in [-0.39, 0.29) is 6.04 Å². The van der Waals surface area contributed by atoms with Gasteiger partial charge in [-0.1, -0.05) is 36.8 Å². The zero-order valence-electron chi connectivity index (χ0n) is 10.7. The Morgan fingerprint density at radius 1 is 1.17 bits per heavy atom. The zero-order chi connectivity index (χ0) is 12.6. The number of rotatable bonds is 1. The predicted molar refractivity (Wildman–Crippen MR) is 73.1 cm³/mol. The zero-order valence-corrected chi connectivity index (χ0v) is 10.7. The Kier molecular flexibility index (Phi) is 3.00. The predicted octanol–water partition coefficient (Wildman–Crippen LogP) is 3.17. The van der Waals surface area contributed by atoms with Crippen LogP contribution in [0.25, 0.3) is 0 Å². The van der Waals surface area contributed by atoms with Gasteiger partial charge in [-0.2, -0.15) is 0 Å². The Balaban J connectivity index is 2.03. The summed E-state index contributed by atoms with van der Waals surface area (Å²) in [6.07, 6.45) is 8.69.